The summed E-state index contributed by atoms with van der Waals surface area (Å²) in [5.41, 5.74) is 1.11. The Morgan fingerprint density at radius 2 is 1.81 bits per heavy atom. The largest absolute Gasteiger partial charge is 0.364 e. The number of hydrogen-bond donors (Lipinski definition) is 1. The Hall–Kier alpha value is -2.40. The number of nitrogens with zero attached hydrogens (tertiary/aromatic N) is 3. The molecule has 1 N–H and O–H groups in total. The number of nitrogens with one attached hydrogen (secondary N) is 1. The van der Waals surface area contributed by atoms with Crippen molar-refractivity contribution in [1.82, 2.24) is 19.0 Å². The first kappa shape index (κ1) is 19.4. The topological polar surface area (TPSA) is 116 Å². The van der Waals surface area contributed by atoms with Gasteiger partial charge in [0.1, 0.15) is 16.7 Å². The van der Waals surface area contributed by atoms with Crippen molar-refractivity contribution in [3.8, 4) is 0 Å². The van der Waals surface area contributed by atoms with Crippen LogP contribution in [0.4, 0.5) is 0 Å². The summed E-state index contributed by atoms with van der Waals surface area (Å²) in [6.45, 7) is 3.62. The third-order valence-electron chi connectivity index (χ3n) is 4.23. The van der Waals surface area contributed by atoms with Crippen molar-refractivity contribution in [3.05, 3.63) is 44.6 Å². The van der Waals surface area contributed by atoms with E-state index in [1.807, 2.05) is 18.6 Å². The van der Waals surface area contributed by atoms with Gasteiger partial charge >= 0.3 is 5.69 Å². The fourth-order valence-corrected chi connectivity index (χ4v) is 4.79. The number of halogens is 1. The maximum absolute atomic E-state index is 12.8. The lowest BCUT2D eigenvalue weighted by Gasteiger charge is -2.10. The van der Waals surface area contributed by atoms with Crippen LogP contribution in [0.5, 0.6) is 0 Å². The van der Waals surface area contributed by atoms with Gasteiger partial charge in [-0.25, -0.2) is 17.9 Å². The number of aromatic nitrogens is 3. The molecule has 0 spiro atoms. The Kier molecular flexibility index (Phi) is 4.76. The average molecular weight is 457 g/mol. The first-order valence-corrected chi connectivity index (χ1v) is 10.2. The fourth-order valence-electron chi connectivity index (χ4n) is 2.77. The van der Waals surface area contributed by atoms with E-state index < -0.39 is 15.9 Å². The van der Waals surface area contributed by atoms with Crippen molar-refractivity contribution in [2.24, 2.45) is 14.1 Å². The molecule has 144 valence electrons. The van der Waals surface area contributed by atoms with Crippen LogP contribution in [0.25, 0.3) is 11.0 Å². The first-order chi connectivity index (χ1) is 12.5. The predicted octanol–water partition coefficient (Wildman–Crippen LogP) is 1.87. The van der Waals surface area contributed by atoms with E-state index in [4.69, 9.17) is 4.52 Å². The quantitative estimate of drug-likeness (QED) is 0.640. The third-order valence-corrected chi connectivity index (χ3v) is 6.52. The lowest BCUT2D eigenvalue weighted by Crippen LogP contribution is -2.31. The van der Waals surface area contributed by atoms with Crippen LogP contribution in [0, 0.1) is 0 Å². The van der Waals surface area contributed by atoms with Gasteiger partial charge < -0.3 is 4.52 Å². The molecule has 9 nitrogen and oxygen atoms in total. The van der Waals surface area contributed by atoms with Crippen molar-refractivity contribution in [2.75, 3.05) is 0 Å². The highest BCUT2D eigenvalue weighted by molar-refractivity contribution is 9.10. The fraction of sp³-hybridized carbons (Fsp3) is 0.312. The molecule has 0 saturated heterocycles. The summed E-state index contributed by atoms with van der Waals surface area (Å²) < 4.78 is 35.4. The highest BCUT2D eigenvalue weighted by Gasteiger charge is 2.26. The van der Waals surface area contributed by atoms with Crippen LogP contribution < -0.4 is 10.4 Å². The number of benzene rings is 1. The second kappa shape index (κ2) is 6.64. The number of aryl methyl sites for hydroxylation is 2. The molecule has 1 aromatic carbocycles. The molecular formula is C16H17BrN4O5S. The zero-order valence-electron chi connectivity index (χ0n) is 15.0. The highest BCUT2D eigenvalue weighted by Crippen LogP contribution is 2.27. The highest BCUT2D eigenvalue weighted by atomic mass is 79.9. The van der Waals surface area contributed by atoms with E-state index in [1.54, 1.807) is 14.1 Å². The minimum Gasteiger partial charge on any atom is -0.364 e. The van der Waals surface area contributed by atoms with E-state index in [2.05, 4.69) is 21.1 Å². The number of carbonyl (C=O) groups is 1. The van der Waals surface area contributed by atoms with Gasteiger partial charge in [0.25, 0.3) is 15.9 Å². The first-order valence-electron chi connectivity index (χ1n) is 7.91. The molecule has 0 aliphatic carbocycles. The molecule has 2 heterocycles. The van der Waals surface area contributed by atoms with Gasteiger partial charge in [-0.05, 0) is 34.0 Å². The molecule has 0 saturated carbocycles. The normalized spacial score (nSPS) is 12.1. The molecule has 0 aliphatic rings. The standard InChI is InChI=1S/C16H17BrN4O5S/c1-8(2)14-9(7-26-18-14)15(22)19-27(24,25)13-6-12-11(5-10(13)17)20(3)16(23)21(12)4/h5-8H,1-4H3,(H,19,22). The second-order valence-corrected chi connectivity index (χ2v) is 8.88. The predicted molar refractivity (Wildman–Crippen MR) is 101 cm³/mol. The lowest BCUT2D eigenvalue weighted by atomic mass is 10.1. The van der Waals surface area contributed by atoms with Gasteiger partial charge in [0.2, 0.25) is 0 Å². The zero-order chi connectivity index (χ0) is 20.1. The molecule has 2 aromatic heterocycles. The number of fused-ring (bicyclic) bond motifs is 1. The van der Waals surface area contributed by atoms with Gasteiger partial charge in [0, 0.05) is 18.6 Å². The summed E-state index contributed by atoms with van der Waals surface area (Å²) in [5, 5.41) is 3.74. The Bertz CT molecular complexity index is 1220. The van der Waals surface area contributed by atoms with Gasteiger partial charge in [-0.3, -0.25) is 13.9 Å². The van der Waals surface area contributed by atoms with Gasteiger partial charge in [0.15, 0.2) is 0 Å². The van der Waals surface area contributed by atoms with Crippen LogP contribution >= 0.6 is 15.9 Å². The van der Waals surface area contributed by atoms with Gasteiger partial charge in [-0.2, -0.15) is 0 Å². The lowest BCUT2D eigenvalue weighted by molar-refractivity contribution is 0.0979. The van der Waals surface area contributed by atoms with Crippen molar-refractivity contribution in [1.29, 1.82) is 0 Å². The van der Waals surface area contributed by atoms with Crippen LogP contribution in [-0.2, 0) is 24.1 Å². The number of rotatable bonds is 4. The van der Waals surface area contributed by atoms with E-state index >= 15 is 0 Å². The van der Waals surface area contributed by atoms with Crippen molar-refractivity contribution >= 4 is 42.9 Å². The summed E-state index contributed by atoms with van der Waals surface area (Å²) in [7, 11) is -1.08. The maximum Gasteiger partial charge on any atom is 0.328 e. The molecule has 0 unspecified atom stereocenters. The van der Waals surface area contributed by atoms with Gasteiger partial charge in [-0.1, -0.05) is 19.0 Å². The molecule has 0 atom stereocenters. The van der Waals surface area contributed by atoms with Gasteiger partial charge in [-0.15, -0.1) is 0 Å². The second-order valence-electron chi connectivity index (χ2n) is 6.37. The molecule has 11 heteroatoms. The molecule has 0 aliphatic heterocycles. The SMILES string of the molecule is CC(C)c1nocc1C(=O)NS(=O)(=O)c1cc2c(cc1Br)n(C)c(=O)n2C. The molecule has 0 bridgehead atoms. The number of imidazole rings is 1. The zero-order valence-corrected chi connectivity index (χ0v) is 17.4. The summed E-state index contributed by atoms with van der Waals surface area (Å²) in [5.74, 6) is -0.956. The molecule has 0 fully saturated rings. The maximum atomic E-state index is 12.8. The van der Waals surface area contributed by atoms with Gasteiger partial charge in [0.05, 0.1) is 16.7 Å². The summed E-state index contributed by atoms with van der Waals surface area (Å²) in [6.07, 6.45) is 1.11. The van der Waals surface area contributed by atoms with Crippen LogP contribution in [0.15, 0.2) is 37.1 Å². The van der Waals surface area contributed by atoms with Crippen LogP contribution in [-0.4, -0.2) is 28.6 Å². The van der Waals surface area contributed by atoms with E-state index in [1.165, 1.54) is 21.3 Å². The molecule has 3 rings (SSSR count). The van der Waals surface area contributed by atoms with Crippen LogP contribution in [0.3, 0.4) is 0 Å². The van der Waals surface area contributed by atoms with E-state index in [-0.39, 0.29) is 26.5 Å². The van der Waals surface area contributed by atoms with Crippen molar-refractivity contribution in [3.63, 3.8) is 0 Å². The Morgan fingerprint density at radius 1 is 1.22 bits per heavy atom. The van der Waals surface area contributed by atoms with Crippen LogP contribution in [0.1, 0.15) is 35.8 Å². The monoisotopic (exact) mass is 456 g/mol. The minimum atomic E-state index is -4.21. The number of amides is 1. The Morgan fingerprint density at radius 3 is 2.41 bits per heavy atom. The molecule has 0 radical (unpaired) electrons. The smallest absolute Gasteiger partial charge is 0.328 e. The summed E-state index contributed by atoms with van der Waals surface area (Å²) in [6, 6.07) is 2.86. The average Bonchev–Trinajstić information content (AvgIpc) is 3.15. The Labute approximate surface area is 163 Å². The summed E-state index contributed by atoms with van der Waals surface area (Å²) >= 11 is 3.21. The number of hydrogen-bond acceptors (Lipinski definition) is 6. The van der Waals surface area contributed by atoms with Crippen molar-refractivity contribution < 1.29 is 17.7 Å². The number of carbonyl (C=O) groups excluding carboxylic acids is 1. The molecule has 27 heavy (non-hydrogen) atoms. The van der Waals surface area contributed by atoms with Crippen LogP contribution in [0.2, 0.25) is 0 Å². The Balaban J connectivity index is 2.06. The van der Waals surface area contributed by atoms with E-state index in [0.717, 1.165) is 6.26 Å². The molecular weight excluding hydrogens is 440 g/mol. The van der Waals surface area contributed by atoms with Crippen molar-refractivity contribution in [2.45, 2.75) is 24.7 Å². The number of sulfonamides is 1. The molecule has 1 amide bonds. The van der Waals surface area contributed by atoms with E-state index in [9.17, 15) is 18.0 Å². The third kappa shape index (κ3) is 3.21. The minimum absolute atomic E-state index is 0.0536. The summed E-state index contributed by atoms with van der Waals surface area (Å²) in [4.78, 5) is 24.4. The molecule has 3 aromatic rings. The van der Waals surface area contributed by atoms with E-state index in [0.29, 0.717) is 16.7 Å².